The molecule has 4 nitrogen and oxygen atoms in total. The molecular formula is C16H24N2O2. The fourth-order valence-electron chi connectivity index (χ4n) is 2.64. The van der Waals surface area contributed by atoms with Gasteiger partial charge >= 0.3 is 5.97 Å². The van der Waals surface area contributed by atoms with Gasteiger partial charge in [-0.15, -0.1) is 0 Å². The third-order valence-corrected chi connectivity index (χ3v) is 4.23. The molecule has 0 heterocycles. The van der Waals surface area contributed by atoms with Crippen molar-refractivity contribution in [2.45, 2.75) is 33.1 Å². The van der Waals surface area contributed by atoms with E-state index in [0.29, 0.717) is 11.3 Å². The molecule has 0 radical (unpaired) electrons. The van der Waals surface area contributed by atoms with E-state index in [1.54, 1.807) is 0 Å². The number of rotatable bonds is 5. The normalized spacial score (nSPS) is 14.8. The highest BCUT2D eigenvalue weighted by atomic mass is 16.5. The van der Waals surface area contributed by atoms with Crippen LogP contribution in [-0.4, -0.2) is 26.2 Å². The van der Waals surface area contributed by atoms with Crippen molar-refractivity contribution < 1.29 is 9.53 Å². The Hall–Kier alpha value is -1.71. The van der Waals surface area contributed by atoms with Gasteiger partial charge in [-0.25, -0.2) is 4.79 Å². The molecule has 2 N–H and O–H groups in total. The number of carbonyl (C=O) groups is 1. The number of carbonyl (C=O) groups excluding carboxylic acids is 1. The number of nitrogen functional groups attached to an aromatic ring is 1. The SMILES string of the molecule is CCN(CC1CCC1)c1cc(C)c(N)c(C(=O)OC)c1. The van der Waals surface area contributed by atoms with E-state index in [9.17, 15) is 4.79 Å². The standard InChI is InChI=1S/C16H24N2O2/c1-4-18(10-12-6-5-7-12)13-8-11(2)15(17)14(9-13)16(19)20-3/h8-9,12H,4-7,10,17H2,1-3H3. The zero-order valence-electron chi connectivity index (χ0n) is 12.6. The third kappa shape index (κ3) is 2.89. The second kappa shape index (κ2) is 6.16. The van der Waals surface area contributed by atoms with Crippen molar-refractivity contribution in [3.05, 3.63) is 23.3 Å². The van der Waals surface area contributed by atoms with Crippen LogP contribution in [0.4, 0.5) is 11.4 Å². The van der Waals surface area contributed by atoms with E-state index in [1.165, 1.54) is 26.4 Å². The Morgan fingerprint density at radius 2 is 2.15 bits per heavy atom. The van der Waals surface area contributed by atoms with Gasteiger partial charge in [0.2, 0.25) is 0 Å². The number of esters is 1. The molecule has 4 heteroatoms. The maximum Gasteiger partial charge on any atom is 0.340 e. The topological polar surface area (TPSA) is 55.6 Å². The molecular weight excluding hydrogens is 252 g/mol. The average molecular weight is 276 g/mol. The number of aryl methyl sites for hydroxylation is 1. The molecule has 0 bridgehead atoms. The van der Waals surface area contributed by atoms with Crippen molar-refractivity contribution in [3.63, 3.8) is 0 Å². The summed E-state index contributed by atoms with van der Waals surface area (Å²) in [6.07, 6.45) is 3.97. The minimum absolute atomic E-state index is 0.368. The largest absolute Gasteiger partial charge is 0.465 e. The third-order valence-electron chi connectivity index (χ3n) is 4.23. The minimum Gasteiger partial charge on any atom is -0.465 e. The van der Waals surface area contributed by atoms with E-state index in [-0.39, 0.29) is 5.97 Å². The first-order chi connectivity index (χ1) is 9.56. The van der Waals surface area contributed by atoms with E-state index in [2.05, 4.69) is 17.9 Å². The van der Waals surface area contributed by atoms with Crippen molar-refractivity contribution in [1.29, 1.82) is 0 Å². The molecule has 1 fully saturated rings. The van der Waals surface area contributed by atoms with Crippen LogP contribution < -0.4 is 10.6 Å². The summed E-state index contributed by atoms with van der Waals surface area (Å²) in [5.41, 5.74) is 8.96. The minimum atomic E-state index is -0.368. The molecule has 0 unspecified atom stereocenters. The molecule has 0 spiro atoms. The molecule has 1 aromatic carbocycles. The molecule has 0 saturated heterocycles. The maximum atomic E-state index is 11.8. The van der Waals surface area contributed by atoms with Crippen molar-refractivity contribution >= 4 is 17.3 Å². The van der Waals surface area contributed by atoms with Crippen LogP contribution in [0.2, 0.25) is 0 Å². The second-order valence-corrected chi connectivity index (χ2v) is 5.55. The highest BCUT2D eigenvalue weighted by Crippen LogP contribution is 2.31. The zero-order valence-corrected chi connectivity index (χ0v) is 12.6. The Morgan fingerprint density at radius 3 is 2.65 bits per heavy atom. The molecule has 1 saturated carbocycles. The van der Waals surface area contributed by atoms with Crippen LogP contribution in [0.25, 0.3) is 0 Å². The van der Waals surface area contributed by atoms with Crippen molar-refractivity contribution in [2.24, 2.45) is 5.92 Å². The first kappa shape index (κ1) is 14.7. The van der Waals surface area contributed by atoms with E-state index in [1.807, 2.05) is 13.0 Å². The Bertz CT molecular complexity index is 495. The predicted molar refractivity (Wildman–Crippen MR) is 82.2 cm³/mol. The Balaban J connectivity index is 2.29. The van der Waals surface area contributed by atoms with E-state index >= 15 is 0 Å². The van der Waals surface area contributed by atoms with Gasteiger partial charge in [0, 0.05) is 24.5 Å². The molecule has 0 aliphatic heterocycles. The lowest BCUT2D eigenvalue weighted by Gasteiger charge is -2.33. The summed E-state index contributed by atoms with van der Waals surface area (Å²) in [7, 11) is 1.38. The number of nitrogens with zero attached hydrogens (tertiary/aromatic N) is 1. The quantitative estimate of drug-likeness (QED) is 0.663. The Kier molecular flexibility index (Phi) is 4.53. The smallest absolute Gasteiger partial charge is 0.340 e. The van der Waals surface area contributed by atoms with E-state index < -0.39 is 0 Å². The van der Waals surface area contributed by atoms with E-state index in [4.69, 9.17) is 10.5 Å². The summed E-state index contributed by atoms with van der Waals surface area (Å²) in [6.45, 7) is 6.06. The molecule has 1 aliphatic carbocycles. The lowest BCUT2D eigenvalue weighted by Crippen LogP contribution is -2.32. The summed E-state index contributed by atoms with van der Waals surface area (Å²) in [5, 5.41) is 0. The van der Waals surface area contributed by atoms with Crippen LogP contribution in [0.1, 0.15) is 42.1 Å². The Labute approximate surface area is 120 Å². The highest BCUT2D eigenvalue weighted by Gasteiger charge is 2.22. The van der Waals surface area contributed by atoms with Gasteiger partial charge in [0.05, 0.1) is 12.7 Å². The molecule has 1 aliphatic rings. The summed E-state index contributed by atoms with van der Waals surface area (Å²) >= 11 is 0. The molecule has 0 amide bonds. The number of ether oxygens (including phenoxy) is 1. The van der Waals surface area contributed by atoms with Crippen molar-refractivity contribution in [3.8, 4) is 0 Å². The average Bonchev–Trinajstić information content (AvgIpc) is 2.40. The lowest BCUT2D eigenvalue weighted by atomic mass is 9.85. The van der Waals surface area contributed by atoms with Gasteiger partial charge in [0.15, 0.2) is 0 Å². The highest BCUT2D eigenvalue weighted by molar-refractivity contribution is 5.97. The maximum absolute atomic E-state index is 11.8. The number of hydrogen-bond donors (Lipinski definition) is 1. The molecule has 110 valence electrons. The van der Waals surface area contributed by atoms with Gasteiger partial charge in [-0.05, 0) is 50.3 Å². The van der Waals surface area contributed by atoms with E-state index in [0.717, 1.165) is 30.3 Å². The number of methoxy groups -OCH3 is 1. The predicted octanol–water partition coefficient (Wildman–Crippen LogP) is 2.99. The first-order valence-corrected chi connectivity index (χ1v) is 7.30. The van der Waals surface area contributed by atoms with Crippen LogP contribution in [0, 0.1) is 12.8 Å². The molecule has 1 aromatic rings. The molecule has 0 atom stereocenters. The summed E-state index contributed by atoms with van der Waals surface area (Å²) in [5.74, 6) is 0.418. The molecule has 20 heavy (non-hydrogen) atoms. The van der Waals surface area contributed by atoms with Gasteiger partial charge in [0.1, 0.15) is 0 Å². The van der Waals surface area contributed by atoms with Gasteiger partial charge in [-0.1, -0.05) is 6.42 Å². The lowest BCUT2D eigenvalue weighted by molar-refractivity contribution is 0.0602. The van der Waals surface area contributed by atoms with Gasteiger partial charge in [-0.2, -0.15) is 0 Å². The first-order valence-electron chi connectivity index (χ1n) is 7.30. The molecule has 2 rings (SSSR count). The fraction of sp³-hybridized carbons (Fsp3) is 0.562. The Morgan fingerprint density at radius 1 is 1.45 bits per heavy atom. The monoisotopic (exact) mass is 276 g/mol. The van der Waals surface area contributed by atoms with Crippen LogP contribution in [0.15, 0.2) is 12.1 Å². The summed E-state index contributed by atoms with van der Waals surface area (Å²) < 4.78 is 4.82. The zero-order chi connectivity index (χ0) is 14.7. The van der Waals surface area contributed by atoms with Gasteiger partial charge in [0.25, 0.3) is 0 Å². The molecule has 0 aromatic heterocycles. The summed E-state index contributed by atoms with van der Waals surface area (Å²) in [6, 6.07) is 3.92. The number of nitrogens with two attached hydrogens (primary N) is 1. The second-order valence-electron chi connectivity index (χ2n) is 5.55. The van der Waals surface area contributed by atoms with Crippen molar-refractivity contribution in [1.82, 2.24) is 0 Å². The number of anilines is 2. The van der Waals surface area contributed by atoms with Gasteiger partial charge in [-0.3, -0.25) is 0 Å². The number of hydrogen-bond acceptors (Lipinski definition) is 4. The van der Waals surface area contributed by atoms with Gasteiger partial charge < -0.3 is 15.4 Å². The van der Waals surface area contributed by atoms with Crippen LogP contribution in [-0.2, 0) is 4.74 Å². The summed E-state index contributed by atoms with van der Waals surface area (Å²) in [4.78, 5) is 14.1. The van der Waals surface area contributed by atoms with Crippen LogP contribution in [0.3, 0.4) is 0 Å². The number of benzene rings is 1. The van der Waals surface area contributed by atoms with Crippen LogP contribution >= 0.6 is 0 Å². The van der Waals surface area contributed by atoms with Crippen molar-refractivity contribution in [2.75, 3.05) is 30.8 Å². The van der Waals surface area contributed by atoms with Crippen LogP contribution in [0.5, 0.6) is 0 Å². The fourth-order valence-corrected chi connectivity index (χ4v) is 2.64.